The summed E-state index contributed by atoms with van der Waals surface area (Å²) in [5.41, 5.74) is 5.43. The van der Waals surface area contributed by atoms with Crippen LogP contribution in [0.4, 0.5) is 4.39 Å². The summed E-state index contributed by atoms with van der Waals surface area (Å²) in [6.07, 6.45) is 10.1. The van der Waals surface area contributed by atoms with Gasteiger partial charge in [-0.1, -0.05) is 51.5 Å². The van der Waals surface area contributed by atoms with Gasteiger partial charge in [0.15, 0.2) is 0 Å². The van der Waals surface area contributed by atoms with Gasteiger partial charge in [0, 0.05) is 67.1 Å². The Hall–Kier alpha value is -2.97. The molecule has 0 radical (unpaired) electrons. The van der Waals surface area contributed by atoms with Crippen LogP contribution in [0.3, 0.4) is 0 Å². The average molecular weight is 524 g/mol. The molecule has 4 nitrogen and oxygen atoms in total. The number of rotatable bonds is 9. The average Bonchev–Trinajstić information content (AvgIpc) is 2.89. The number of benzene rings is 1. The molecule has 1 aliphatic rings. The van der Waals surface area contributed by atoms with Crippen molar-refractivity contribution in [3.63, 3.8) is 0 Å². The van der Waals surface area contributed by atoms with Crippen molar-refractivity contribution in [3.8, 4) is 12.3 Å². The fourth-order valence-electron chi connectivity index (χ4n) is 4.27. The normalized spacial score (nSPS) is 18.2. The molecule has 2 atom stereocenters. The highest BCUT2D eigenvalue weighted by Crippen LogP contribution is 2.28. The van der Waals surface area contributed by atoms with Gasteiger partial charge in [0.05, 0.1) is 0 Å². The number of carbonyl (C=O) groups is 1. The molecule has 0 unspecified atom stereocenters. The van der Waals surface area contributed by atoms with Crippen molar-refractivity contribution in [2.24, 2.45) is 4.99 Å². The SMILES string of the molecule is C#CC(=C/C)/C(C(CC(=C)c1cccc(F)c1)=NCC)=C(/C)N1C[C@@H](C)NC[C@@H]1C.CC.CCCC(C)=O. The predicted octanol–water partition coefficient (Wildman–Crippen LogP) is 7.63. The van der Waals surface area contributed by atoms with Gasteiger partial charge in [0.25, 0.3) is 0 Å². The van der Waals surface area contributed by atoms with Crippen LogP contribution in [0.15, 0.2) is 58.8 Å². The molecule has 1 aromatic carbocycles. The number of aliphatic imine (C=N–C) groups is 1. The first-order valence-corrected chi connectivity index (χ1v) is 13.9. The number of terminal acetylenes is 1. The lowest BCUT2D eigenvalue weighted by Crippen LogP contribution is -2.53. The summed E-state index contributed by atoms with van der Waals surface area (Å²) in [4.78, 5) is 17.3. The molecule has 1 aromatic rings. The maximum atomic E-state index is 13.7. The van der Waals surface area contributed by atoms with Gasteiger partial charge in [-0.15, -0.1) is 6.42 Å². The van der Waals surface area contributed by atoms with Crippen LogP contribution in [0.5, 0.6) is 0 Å². The maximum absolute atomic E-state index is 13.7. The zero-order valence-electron chi connectivity index (χ0n) is 25.2. The molecular formula is C33H50FN3O. The van der Waals surface area contributed by atoms with Crippen LogP contribution in [-0.2, 0) is 4.79 Å². The molecule has 0 amide bonds. The van der Waals surface area contributed by atoms with Gasteiger partial charge in [-0.25, -0.2) is 4.39 Å². The first-order valence-electron chi connectivity index (χ1n) is 13.9. The van der Waals surface area contributed by atoms with Gasteiger partial charge in [-0.05, 0) is 71.2 Å². The third kappa shape index (κ3) is 11.6. The Morgan fingerprint density at radius 1 is 1.29 bits per heavy atom. The summed E-state index contributed by atoms with van der Waals surface area (Å²) in [6, 6.07) is 7.28. The molecule has 0 aliphatic carbocycles. The molecule has 0 spiro atoms. The highest BCUT2D eigenvalue weighted by Gasteiger charge is 2.26. The smallest absolute Gasteiger partial charge is 0.129 e. The lowest BCUT2D eigenvalue weighted by atomic mass is 9.91. The number of hydrogen-bond acceptors (Lipinski definition) is 4. The second kappa shape index (κ2) is 19.2. The van der Waals surface area contributed by atoms with Crippen molar-refractivity contribution < 1.29 is 9.18 Å². The lowest BCUT2D eigenvalue weighted by Gasteiger charge is -2.41. The topological polar surface area (TPSA) is 44.7 Å². The molecular weight excluding hydrogens is 473 g/mol. The van der Waals surface area contributed by atoms with E-state index in [0.29, 0.717) is 25.0 Å². The van der Waals surface area contributed by atoms with Gasteiger partial charge in [0.2, 0.25) is 0 Å². The second-order valence-corrected chi connectivity index (χ2v) is 9.28. The zero-order valence-corrected chi connectivity index (χ0v) is 25.2. The third-order valence-corrected chi connectivity index (χ3v) is 6.12. The van der Waals surface area contributed by atoms with Crippen LogP contribution in [0.1, 0.15) is 87.1 Å². The van der Waals surface area contributed by atoms with Gasteiger partial charge in [-0.3, -0.25) is 4.99 Å². The molecule has 210 valence electrons. The van der Waals surface area contributed by atoms with Gasteiger partial charge >= 0.3 is 0 Å². The van der Waals surface area contributed by atoms with Gasteiger partial charge < -0.3 is 15.0 Å². The number of nitrogens with zero attached hydrogens (tertiary/aromatic N) is 2. The molecule has 1 N–H and O–H groups in total. The summed E-state index contributed by atoms with van der Waals surface area (Å²) < 4.78 is 13.7. The van der Waals surface area contributed by atoms with E-state index >= 15 is 0 Å². The first-order chi connectivity index (χ1) is 18.1. The number of piperazine rings is 1. The molecule has 5 heteroatoms. The number of ketones is 1. The van der Waals surface area contributed by atoms with E-state index in [0.717, 1.165) is 59.6 Å². The highest BCUT2D eigenvalue weighted by atomic mass is 19.1. The van der Waals surface area contributed by atoms with Crippen LogP contribution in [-0.4, -0.2) is 48.1 Å². The number of halogens is 1. The minimum Gasteiger partial charge on any atom is -0.369 e. The summed E-state index contributed by atoms with van der Waals surface area (Å²) in [7, 11) is 0. The van der Waals surface area contributed by atoms with E-state index in [1.54, 1.807) is 13.0 Å². The highest BCUT2D eigenvalue weighted by molar-refractivity contribution is 6.09. The monoisotopic (exact) mass is 523 g/mol. The molecule has 1 fully saturated rings. The molecule has 0 bridgehead atoms. The van der Waals surface area contributed by atoms with Crippen LogP contribution in [0, 0.1) is 18.2 Å². The Kier molecular flexibility index (Phi) is 17.7. The van der Waals surface area contributed by atoms with Crippen molar-refractivity contribution in [1.82, 2.24) is 10.2 Å². The second-order valence-electron chi connectivity index (χ2n) is 9.28. The van der Waals surface area contributed by atoms with E-state index in [2.05, 4.69) is 43.5 Å². The van der Waals surface area contributed by atoms with Crippen molar-refractivity contribution in [3.05, 3.63) is 65.1 Å². The molecule has 1 aliphatic heterocycles. The fraction of sp³-hybridized carbons (Fsp3) is 0.515. The van der Waals surface area contributed by atoms with Crippen LogP contribution < -0.4 is 5.32 Å². The van der Waals surface area contributed by atoms with E-state index in [9.17, 15) is 9.18 Å². The summed E-state index contributed by atoms with van der Waals surface area (Å²) in [6.45, 7) is 24.8. The molecule has 2 rings (SSSR count). The number of Topliss-reactive ketones (excluding diaryl/α,β-unsaturated/α-hetero) is 1. The summed E-state index contributed by atoms with van der Waals surface area (Å²) in [5.74, 6) is 2.87. The van der Waals surface area contributed by atoms with E-state index in [-0.39, 0.29) is 11.6 Å². The number of allylic oxidation sites excluding steroid dienone is 5. The van der Waals surface area contributed by atoms with Crippen molar-refractivity contribution in [1.29, 1.82) is 0 Å². The van der Waals surface area contributed by atoms with E-state index in [1.807, 2.05) is 46.8 Å². The minimum absolute atomic E-state index is 0.268. The Bertz CT molecular complexity index is 1030. The molecule has 0 saturated carbocycles. The number of nitrogens with one attached hydrogen (secondary N) is 1. The van der Waals surface area contributed by atoms with Crippen LogP contribution in [0.25, 0.3) is 5.57 Å². The van der Waals surface area contributed by atoms with Crippen molar-refractivity contribution >= 4 is 17.1 Å². The van der Waals surface area contributed by atoms with E-state index in [1.165, 1.54) is 12.1 Å². The summed E-state index contributed by atoms with van der Waals surface area (Å²) in [5, 5.41) is 3.53. The van der Waals surface area contributed by atoms with Crippen molar-refractivity contribution in [2.45, 2.75) is 93.7 Å². The minimum atomic E-state index is -0.268. The van der Waals surface area contributed by atoms with E-state index in [4.69, 9.17) is 11.4 Å². The number of hydrogen-bond donors (Lipinski definition) is 1. The van der Waals surface area contributed by atoms with Gasteiger partial charge in [-0.2, -0.15) is 0 Å². The van der Waals surface area contributed by atoms with Gasteiger partial charge in [0.1, 0.15) is 11.6 Å². The Morgan fingerprint density at radius 3 is 2.42 bits per heavy atom. The number of carbonyl (C=O) groups excluding carboxylic acids is 1. The Morgan fingerprint density at radius 2 is 1.95 bits per heavy atom. The molecule has 0 aromatic heterocycles. The summed E-state index contributed by atoms with van der Waals surface area (Å²) >= 11 is 0. The largest absolute Gasteiger partial charge is 0.369 e. The lowest BCUT2D eigenvalue weighted by molar-refractivity contribution is -0.117. The van der Waals surface area contributed by atoms with Crippen LogP contribution >= 0.6 is 0 Å². The standard InChI is InChI=1S/C26H34FN3.C5H10O.C2H6/c1-8-22(9-2)26(21(7)30-17-19(5)29-16-20(30)6)25(28-10-3)14-18(4)23-12-11-13-24(27)15-23;1-3-4-5(2)6;1-2/h1,9,11-13,15,19-20,29H,4,10,14,16-17H2,2-3,5-7H3;3-4H2,1-2H3;1-2H3/b22-9-,26-21+,28-25?;;/t19-,20+;;/m1../s1. The molecule has 1 heterocycles. The molecule has 38 heavy (non-hydrogen) atoms. The predicted molar refractivity (Wildman–Crippen MR) is 164 cm³/mol. The zero-order chi connectivity index (χ0) is 29.3. The fourth-order valence-corrected chi connectivity index (χ4v) is 4.27. The first kappa shape index (κ1) is 35.0. The third-order valence-electron chi connectivity index (χ3n) is 6.12. The quantitative estimate of drug-likeness (QED) is 0.206. The Labute approximate surface area is 232 Å². The van der Waals surface area contributed by atoms with E-state index < -0.39 is 0 Å². The van der Waals surface area contributed by atoms with Crippen LogP contribution in [0.2, 0.25) is 0 Å². The maximum Gasteiger partial charge on any atom is 0.129 e. The van der Waals surface area contributed by atoms with Crippen molar-refractivity contribution in [2.75, 3.05) is 19.6 Å². The Balaban J connectivity index is 0.00000150. The molecule has 1 saturated heterocycles.